The number of guanidine groups is 1. The van der Waals surface area contributed by atoms with Crippen LogP contribution >= 0.6 is 0 Å². The zero-order valence-corrected chi connectivity index (χ0v) is 18.6. The molecule has 1 atom stereocenters. The maximum absolute atomic E-state index is 12.3. The first-order valence-electron chi connectivity index (χ1n) is 10.7. The number of aliphatic imine (C=N–C) groups is 1. The Bertz CT molecular complexity index is 877. The van der Waals surface area contributed by atoms with Gasteiger partial charge in [-0.25, -0.2) is 4.99 Å². The summed E-state index contributed by atoms with van der Waals surface area (Å²) in [4.78, 5) is 19.2. The molecule has 0 bridgehead atoms. The van der Waals surface area contributed by atoms with E-state index in [0.717, 1.165) is 48.9 Å². The number of hydrogen-bond donors (Lipinski definition) is 2. The number of rotatable bonds is 8. The molecule has 1 aliphatic heterocycles. The van der Waals surface area contributed by atoms with Gasteiger partial charge in [0.1, 0.15) is 11.9 Å². The molecule has 166 valence electrons. The summed E-state index contributed by atoms with van der Waals surface area (Å²) in [5.41, 5.74) is 2.97. The highest BCUT2D eigenvalue weighted by atomic mass is 16.5. The Morgan fingerprint density at radius 2 is 2.03 bits per heavy atom. The third-order valence-corrected chi connectivity index (χ3v) is 5.10. The van der Waals surface area contributed by atoms with Crippen LogP contribution in [0.1, 0.15) is 30.9 Å². The summed E-state index contributed by atoms with van der Waals surface area (Å²) in [6.07, 6.45) is 1.38. The Labute approximate surface area is 184 Å². The monoisotopic (exact) mass is 424 g/mol. The molecular weight excluding hydrogens is 392 g/mol. The fourth-order valence-electron chi connectivity index (χ4n) is 3.47. The molecule has 0 aliphatic carbocycles. The standard InChI is InChI=1S/C24H32N4O3/c1-4-25-24(28(2)17-18-10-12-21(30-3)13-11-18)26-16-19-7-5-8-20(15-19)27-23(29)22-9-6-14-31-22/h5,7-8,10-13,15,22H,4,6,9,14,16-17H2,1-3H3,(H,25,26)(H,27,29). The van der Waals surface area contributed by atoms with Crippen molar-refractivity contribution in [2.45, 2.75) is 39.0 Å². The molecule has 31 heavy (non-hydrogen) atoms. The van der Waals surface area contributed by atoms with Gasteiger partial charge in [0.2, 0.25) is 0 Å². The van der Waals surface area contributed by atoms with E-state index >= 15 is 0 Å². The first kappa shape index (κ1) is 22.6. The van der Waals surface area contributed by atoms with E-state index in [0.29, 0.717) is 13.2 Å². The molecule has 0 spiro atoms. The van der Waals surface area contributed by atoms with Crippen molar-refractivity contribution < 1.29 is 14.3 Å². The third kappa shape index (κ3) is 6.72. The van der Waals surface area contributed by atoms with Crippen LogP contribution < -0.4 is 15.4 Å². The second-order valence-electron chi connectivity index (χ2n) is 7.57. The molecule has 1 saturated heterocycles. The number of nitrogens with zero attached hydrogens (tertiary/aromatic N) is 2. The summed E-state index contributed by atoms with van der Waals surface area (Å²) in [6, 6.07) is 15.8. The predicted octanol–water partition coefficient (Wildman–Crippen LogP) is 3.41. The number of hydrogen-bond acceptors (Lipinski definition) is 4. The number of nitrogens with one attached hydrogen (secondary N) is 2. The Kier molecular flexibility index (Phi) is 8.29. The third-order valence-electron chi connectivity index (χ3n) is 5.10. The summed E-state index contributed by atoms with van der Waals surface area (Å²) in [5.74, 6) is 1.59. The highest BCUT2D eigenvalue weighted by Gasteiger charge is 2.23. The van der Waals surface area contributed by atoms with E-state index < -0.39 is 0 Å². The summed E-state index contributed by atoms with van der Waals surface area (Å²) in [7, 11) is 3.68. The molecule has 3 rings (SSSR count). The number of ether oxygens (including phenoxy) is 2. The number of carbonyl (C=O) groups is 1. The number of anilines is 1. The average molecular weight is 425 g/mol. The zero-order valence-electron chi connectivity index (χ0n) is 18.6. The molecular formula is C24H32N4O3. The molecule has 0 aromatic heterocycles. The van der Waals surface area contributed by atoms with Crippen LogP contribution in [0.15, 0.2) is 53.5 Å². The number of benzene rings is 2. The SMILES string of the molecule is CCNC(=NCc1cccc(NC(=O)C2CCCO2)c1)N(C)Cc1ccc(OC)cc1. The molecule has 1 amide bonds. The smallest absolute Gasteiger partial charge is 0.253 e. The molecule has 1 unspecified atom stereocenters. The van der Waals surface area contributed by atoms with Gasteiger partial charge < -0.3 is 25.0 Å². The quantitative estimate of drug-likeness (QED) is 0.502. The topological polar surface area (TPSA) is 75.2 Å². The highest BCUT2D eigenvalue weighted by molar-refractivity contribution is 5.94. The van der Waals surface area contributed by atoms with Crippen molar-refractivity contribution >= 4 is 17.6 Å². The molecule has 0 saturated carbocycles. The second kappa shape index (κ2) is 11.4. The Morgan fingerprint density at radius 3 is 2.71 bits per heavy atom. The van der Waals surface area contributed by atoms with Crippen LogP contribution in [0, 0.1) is 0 Å². The minimum Gasteiger partial charge on any atom is -0.497 e. The minimum absolute atomic E-state index is 0.0780. The first-order valence-corrected chi connectivity index (χ1v) is 10.7. The first-order chi connectivity index (χ1) is 15.1. The van der Waals surface area contributed by atoms with Crippen molar-refractivity contribution in [1.82, 2.24) is 10.2 Å². The highest BCUT2D eigenvalue weighted by Crippen LogP contribution is 2.17. The molecule has 1 heterocycles. The van der Waals surface area contributed by atoms with Crippen molar-refractivity contribution in [3.63, 3.8) is 0 Å². The second-order valence-corrected chi connectivity index (χ2v) is 7.57. The summed E-state index contributed by atoms with van der Waals surface area (Å²) >= 11 is 0. The van der Waals surface area contributed by atoms with Crippen LogP contribution in [0.4, 0.5) is 5.69 Å². The molecule has 2 aromatic rings. The molecule has 0 radical (unpaired) electrons. The minimum atomic E-state index is -0.339. The lowest BCUT2D eigenvalue weighted by Gasteiger charge is -2.22. The fraction of sp³-hybridized carbons (Fsp3) is 0.417. The molecule has 2 N–H and O–H groups in total. The van der Waals surface area contributed by atoms with Gasteiger partial charge in [0, 0.05) is 32.4 Å². The van der Waals surface area contributed by atoms with Crippen molar-refractivity contribution in [3.05, 3.63) is 59.7 Å². The maximum Gasteiger partial charge on any atom is 0.253 e. The van der Waals surface area contributed by atoms with Crippen molar-refractivity contribution in [1.29, 1.82) is 0 Å². The Morgan fingerprint density at radius 1 is 1.23 bits per heavy atom. The van der Waals surface area contributed by atoms with Gasteiger partial charge in [-0.1, -0.05) is 24.3 Å². The van der Waals surface area contributed by atoms with E-state index in [-0.39, 0.29) is 12.0 Å². The molecule has 7 nitrogen and oxygen atoms in total. The van der Waals surface area contributed by atoms with Gasteiger partial charge in [-0.2, -0.15) is 0 Å². The lowest BCUT2D eigenvalue weighted by Crippen LogP contribution is -2.38. The van der Waals surface area contributed by atoms with Gasteiger partial charge in [0.05, 0.1) is 13.7 Å². The number of amides is 1. The van der Waals surface area contributed by atoms with Crippen molar-refractivity contribution in [2.24, 2.45) is 4.99 Å². The molecule has 1 aliphatic rings. The van der Waals surface area contributed by atoms with E-state index in [1.165, 1.54) is 5.56 Å². The zero-order chi connectivity index (χ0) is 22.1. The van der Waals surface area contributed by atoms with Gasteiger partial charge in [-0.05, 0) is 55.2 Å². The van der Waals surface area contributed by atoms with Gasteiger partial charge in [0.15, 0.2) is 5.96 Å². The van der Waals surface area contributed by atoms with Gasteiger partial charge >= 0.3 is 0 Å². The van der Waals surface area contributed by atoms with Crippen LogP contribution in [0.5, 0.6) is 5.75 Å². The largest absolute Gasteiger partial charge is 0.497 e. The van der Waals surface area contributed by atoms with Gasteiger partial charge in [-0.3, -0.25) is 4.79 Å². The van der Waals surface area contributed by atoms with Crippen LogP contribution in [0.25, 0.3) is 0 Å². The molecule has 7 heteroatoms. The number of carbonyl (C=O) groups excluding carboxylic acids is 1. The van der Waals surface area contributed by atoms with Crippen molar-refractivity contribution in [2.75, 3.05) is 32.6 Å². The van der Waals surface area contributed by atoms with Crippen LogP contribution in [-0.2, 0) is 22.6 Å². The molecule has 2 aromatic carbocycles. The maximum atomic E-state index is 12.3. The normalized spacial score (nSPS) is 16.1. The summed E-state index contributed by atoms with van der Waals surface area (Å²) in [6.45, 7) is 4.73. The van der Waals surface area contributed by atoms with E-state index in [1.54, 1.807) is 7.11 Å². The Balaban J connectivity index is 1.62. The van der Waals surface area contributed by atoms with E-state index in [1.807, 2.05) is 43.4 Å². The summed E-state index contributed by atoms with van der Waals surface area (Å²) in [5, 5.41) is 6.30. The summed E-state index contributed by atoms with van der Waals surface area (Å²) < 4.78 is 10.7. The average Bonchev–Trinajstić information content (AvgIpc) is 3.32. The molecule has 1 fully saturated rings. The van der Waals surface area contributed by atoms with E-state index in [2.05, 4.69) is 34.6 Å². The van der Waals surface area contributed by atoms with Crippen LogP contribution in [-0.4, -0.2) is 50.2 Å². The Hall–Kier alpha value is -3.06. The van der Waals surface area contributed by atoms with E-state index in [4.69, 9.17) is 14.5 Å². The van der Waals surface area contributed by atoms with E-state index in [9.17, 15) is 4.79 Å². The fourth-order valence-corrected chi connectivity index (χ4v) is 3.47. The van der Waals surface area contributed by atoms with Gasteiger partial charge in [-0.15, -0.1) is 0 Å². The van der Waals surface area contributed by atoms with Crippen LogP contribution in [0.3, 0.4) is 0 Å². The van der Waals surface area contributed by atoms with Crippen LogP contribution in [0.2, 0.25) is 0 Å². The lowest BCUT2D eigenvalue weighted by atomic mass is 10.2. The lowest BCUT2D eigenvalue weighted by molar-refractivity contribution is -0.124. The van der Waals surface area contributed by atoms with Crippen molar-refractivity contribution in [3.8, 4) is 5.75 Å². The number of methoxy groups -OCH3 is 1. The predicted molar refractivity (Wildman–Crippen MR) is 123 cm³/mol. The van der Waals surface area contributed by atoms with Gasteiger partial charge in [0.25, 0.3) is 5.91 Å².